The zero-order valence-corrected chi connectivity index (χ0v) is 12.4. The van der Waals surface area contributed by atoms with Crippen LogP contribution >= 0.6 is 0 Å². The van der Waals surface area contributed by atoms with E-state index < -0.39 is 5.41 Å². The standard InChI is InChI=1S/C15H24N2O2/c1-14(2,3)11-6-8-12(9-7-11)19-10-15(4,5)13(18)17-16/h6-9H,10,16H2,1-5H3,(H,17,18). The first-order valence-corrected chi connectivity index (χ1v) is 6.41. The first-order chi connectivity index (χ1) is 8.66. The zero-order chi connectivity index (χ0) is 14.7. The summed E-state index contributed by atoms with van der Waals surface area (Å²) in [5.41, 5.74) is 2.87. The summed E-state index contributed by atoms with van der Waals surface area (Å²) in [6, 6.07) is 7.95. The van der Waals surface area contributed by atoms with E-state index >= 15 is 0 Å². The fraction of sp³-hybridized carbons (Fsp3) is 0.533. The van der Waals surface area contributed by atoms with Gasteiger partial charge in [0.25, 0.3) is 0 Å². The SMILES string of the molecule is CC(C)(COc1ccc(C(C)(C)C)cc1)C(=O)NN. The van der Waals surface area contributed by atoms with Crippen molar-refractivity contribution in [3.63, 3.8) is 0 Å². The number of carbonyl (C=O) groups is 1. The molecule has 1 amide bonds. The second-order valence-corrected chi connectivity index (χ2v) is 6.42. The third-order valence-electron chi connectivity index (χ3n) is 3.07. The average Bonchev–Trinajstić information content (AvgIpc) is 2.35. The minimum Gasteiger partial charge on any atom is -0.492 e. The summed E-state index contributed by atoms with van der Waals surface area (Å²) in [7, 11) is 0. The molecular formula is C15H24N2O2. The van der Waals surface area contributed by atoms with Crippen LogP contribution in [-0.4, -0.2) is 12.5 Å². The summed E-state index contributed by atoms with van der Waals surface area (Å²) in [5.74, 6) is 5.66. The molecule has 0 saturated carbocycles. The van der Waals surface area contributed by atoms with Crippen molar-refractivity contribution in [3.8, 4) is 5.75 Å². The predicted molar refractivity (Wildman–Crippen MR) is 76.7 cm³/mol. The van der Waals surface area contributed by atoms with Crippen molar-refractivity contribution in [3.05, 3.63) is 29.8 Å². The Bertz CT molecular complexity index is 430. The molecule has 0 aliphatic carbocycles. The summed E-state index contributed by atoms with van der Waals surface area (Å²) in [6.45, 7) is 10.4. The quantitative estimate of drug-likeness (QED) is 0.498. The van der Waals surface area contributed by atoms with E-state index in [-0.39, 0.29) is 17.9 Å². The molecule has 0 heterocycles. The minimum absolute atomic E-state index is 0.122. The number of carbonyl (C=O) groups excluding carboxylic acids is 1. The van der Waals surface area contributed by atoms with Gasteiger partial charge in [-0.05, 0) is 37.0 Å². The van der Waals surface area contributed by atoms with E-state index in [9.17, 15) is 4.79 Å². The molecule has 0 bridgehead atoms. The van der Waals surface area contributed by atoms with E-state index in [1.165, 1.54) is 5.56 Å². The smallest absolute Gasteiger partial charge is 0.242 e. The number of hydrogen-bond donors (Lipinski definition) is 2. The van der Waals surface area contributed by atoms with Crippen LogP contribution in [0.1, 0.15) is 40.2 Å². The number of hydrazine groups is 1. The van der Waals surface area contributed by atoms with Crippen LogP contribution in [0.5, 0.6) is 5.75 Å². The van der Waals surface area contributed by atoms with Gasteiger partial charge in [-0.25, -0.2) is 5.84 Å². The lowest BCUT2D eigenvalue weighted by Gasteiger charge is -2.23. The van der Waals surface area contributed by atoms with Gasteiger partial charge in [0.05, 0.1) is 5.41 Å². The second-order valence-electron chi connectivity index (χ2n) is 6.42. The van der Waals surface area contributed by atoms with Gasteiger partial charge in [0.2, 0.25) is 5.91 Å². The van der Waals surface area contributed by atoms with Crippen molar-refractivity contribution in [1.82, 2.24) is 5.43 Å². The van der Waals surface area contributed by atoms with Crippen LogP contribution < -0.4 is 16.0 Å². The van der Waals surface area contributed by atoms with Crippen LogP contribution in [-0.2, 0) is 10.2 Å². The number of ether oxygens (including phenoxy) is 1. The van der Waals surface area contributed by atoms with Crippen LogP contribution in [0.2, 0.25) is 0 Å². The maximum Gasteiger partial charge on any atom is 0.242 e. The van der Waals surface area contributed by atoms with Gasteiger partial charge < -0.3 is 4.74 Å². The lowest BCUT2D eigenvalue weighted by molar-refractivity contribution is -0.130. The molecule has 1 rings (SSSR count). The Balaban J connectivity index is 2.67. The highest BCUT2D eigenvalue weighted by atomic mass is 16.5. The summed E-state index contributed by atoms with van der Waals surface area (Å²) in [5, 5.41) is 0. The summed E-state index contributed by atoms with van der Waals surface area (Å²) in [4.78, 5) is 11.5. The lowest BCUT2D eigenvalue weighted by atomic mass is 9.87. The first-order valence-electron chi connectivity index (χ1n) is 6.41. The Morgan fingerprint density at radius 1 is 1.16 bits per heavy atom. The molecule has 1 aromatic carbocycles. The largest absolute Gasteiger partial charge is 0.492 e. The van der Waals surface area contributed by atoms with Gasteiger partial charge in [-0.1, -0.05) is 32.9 Å². The van der Waals surface area contributed by atoms with Gasteiger partial charge >= 0.3 is 0 Å². The third kappa shape index (κ3) is 4.24. The van der Waals surface area contributed by atoms with E-state index in [0.29, 0.717) is 0 Å². The number of rotatable bonds is 4. The Hall–Kier alpha value is -1.55. The number of hydrogen-bond acceptors (Lipinski definition) is 3. The van der Waals surface area contributed by atoms with Gasteiger partial charge in [-0.15, -0.1) is 0 Å². The maximum atomic E-state index is 11.5. The van der Waals surface area contributed by atoms with E-state index in [4.69, 9.17) is 10.6 Å². The monoisotopic (exact) mass is 264 g/mol. The summed E-state index contributed by atoms with van der Waals surface area (Å²) < 4.78 is 5.65. The van der Waals surface area contributed by atoms with Gasteiger partial charge in [-0.2, -0.15) is 0 Å². The highest BCUT2D eigenvalue weighted by molar-refractivity contribution is 5.81. The van der Waals surface area contributed by atoms with Crippen molar-refractivity contribution in [2.45, 2.75) is 40.0 Å². The summed E-state index contributed by atoms with van der Waals surface area (Å²) >= 11 is 0. The van der Waals surface area contributed by atoms with E-state index in [1.807, 2.05) is 24.3 Å². The molecule has 0 saturated heterocycles. The van der Waals surface area contributed by atoms with Crippen molar-refractivity contribution in [2.24, 2.45) is 11.3 Å². The number of benzene rings is 1. The van der Waals surface area contributed by atoms with E-state index in [2.05, 4.69) is 26.2 Å². The topological polar surface area (TPSA) is 64.3 Å². The molecule has 19 heavy (non-hydrogen) atoms. The van der Waals surface area contributed by atoms with E-state index in [0.717, 1.165) is 5.75 Å². The van der Waals surface area contributed by atoms with Crippen molar-refractivity contribution in [1.29, 1.82) is 0 Å². The molecule has 0 radical (unpaired) electrons. The lowest BCUT2D eigenvalue weighted by Crippen LogP contribution is -2.44. The molecule has 3 N–H and O–H groups in total. The number of nitrogens with one attached hydrogen (secondary N) is 1. The molecule has 4 nitrogen and oxygen atoms in total. The molecule has 0 aliphatic rings. The fourth-order valence-corrected chi connectivity index (χ4v) is 1.58. The normalized spacial score (nSPS) is 12.1. The first kappa shape index (κ1) is 15.5. The molecule has 106 valence electrons. The van der Waals surface area contributed by atoms with Gasteiger partial charge in [-0.3, -0.25) is 10.2 Å². The van der Waals surface area contributed by atoms with Crippen molar-refractivity contribution < 1.29 is 9.53 Å². The van der Waals surface area contributed by atoms with Crippen molar-refractivity contribution >= 4 is 5.91 Å². The molecule has 0 fully saturated rings. The van der Waals surface area contributed by atoms with Crippen LogP contribution in [0.3, 0.4) is 0 Å². The molecule has 0 aliphatic heterocycles. The molecular weight excluding hydrogens is 240 g/mol. The minimum atomic E-state index is -0.655. The second kappa shape index (κ2) is 5.61. The van der Waals surface area contributed by atoms with Gasteiger partial charge in [0.1, 0.15) is 12.4 Å². The van der Waals surface area contributed by atoms with E-state index in [1.54, 1.807) is 13.8 Å². The molecule has 0 unspecified atom stereocenters. The van der Waals surface area contributed by atoms with Crippen LogP contribution in [0.25, 0.3) is 0 Å². The highest BCUT2D eigenvalue weighted by Crippen LogP contribution is 2.25. The Morgan fingerprint density at radius 3 is 2.11 bits per heavy atom. The van der Waals surface area contributed by atoms with Crippen molar-refractivity contribution in [2.75, 3.05) is 6.61 Å². The Morgan fingerprint density at radius 2 is 1.68 bits per heavy atom. The number of amides is 1. The Kier molecular flexibility index (Phi) is 4.58. The zero-order valence-electron chi connectivity index (χ0n) is 12.4. The highest BCUT2D eigenvalue weighted by Gasteiger charge is 2.28. The van der Waals surface area contributed by atoms with Crippen LogP contribution in [0.15, 0.2) is 24.3 Å². The fourth-order valence-electron chi connectivity index (χ4n) is 1.58. The van der Waals surface area contributed by atoms with Crippen LogP contribution in [0, 0.1) is 5.41 Å². The third-order valence-corrected chi connectivity index (χ3v) is 3.07. The maximum absolute atomic E-state index is 11.5. The molecule has 0 aromatic heterocycles. The molecule has 4 heteroatoms. The molecule has 0 spiro atoms. The molecule has 1 aromatic rings. The van der Waals surface area contributed by atoms with Gasteiger partial charge in [0.15, 0.2) is 0 Å². The number of nitrogens with two attached hydrogens (primary N) is 1. The average molecular weight is 264 g/mol. The summed E-state index contributed by atoms with van der Waals surface area (Å²) in [6.07, 6.45) is 0. The van der Waals surface area contributed by atoms with Crippen LogP contribution in [0.4, 0.5) is 0 Å². The predicted octanol–water partition coefficient (Wildman–Crippen LogP) is 2.38. The Labute approximate surface area is 115 Å². The molecule has 0 atom stereocenters. The van der Waals surface area contributed by atoms with Gasteiger partial charge in [0, 0.05) is 0 Å².